The summed E-state index contributed by atoms with van der Waals surface area (Å²) >= 11 is 1.94. The minimum absolute atomic E-state index is 0.136. The van der Waals surface area contributed by atoms with Crippen molar-refractivity contribution in [3.05, 3.63) is 75.3 Å². The van der Waals surface area contributed by atoms with Gasteiger partial charge in [0.15, 0.2) is 0 Å². The highest BCUT2D eigenvalue weighted by molar-refractivity contribution is 7.98. The van der Waals surface area contributed by atoms with Gasteiger partial charge in [-0.05, 0) is 16.7 Å². The number of nitro groups is 1. The van der Waals surface area contributed by atoms with Crippen molar-refractivity contribution >= 4 is 17.4 Å². The number of nitrogens with one attached hydrogen (secondary N) is 1. The first-order valence-corrected chi connectivity index (χ1v) is 8.02. The number of rotatable bonds is 4. The first kappa shape index (κ1) is 14.1. The Kier molecular flexibility index (Phi) is 4.22. The lowest BCUT2D eigenvalue weighted by Gasteiger charge is -2.26. The molecule has 0 amide bonds. The third-order valence-electron chi connectivity index (χ3n) is 3.67. The van der Waals surface area contributed by atoms with Crippen molar-refractivity contribution in [2.24, 2.45) is 0 Å². The number of nitro benzene ring substituents is 1. The molecule has 0 fully saturated rings. The van der Waals surface area contributed by atoms with E-state index in [1.807, 2.05) is 23.9 Å². The molecule has 2 aromatic carbocycles. The predicted octanol–water partition coefficient (Wildman–Crippen LogP) is 3.67. The van der Waals surface area contributed by atoms with E-state index in [1.165, 1.54) is 11.1 Å². The second-order valence-electron chi connectivity index (χ2n) is 5.07. The molecule has 0 spiro atoms. The number of fused-ring (bicyclic) bond motifs is 1. The Hall–Kier alpha value is -1.85. The summed E-state index contributed by atoms with van der Waals surface area (Å²) in [5, 5.41) is 14.2. The Balaban J connectivity index is 1.67. The van der Waals surface area contributed by atoms with Crippen molar-refractivity contribution in [2.45, 2.75) is 18.3 Å². The van der Waals surface area contributed by atoms with Crippen LogP contribution >= 0.6 is 11.8 Å². The van der Waals surface area contributed by atoms with E-state index in [9.17, 15) is 10.1 Å². The van der Waals surface area contributed by atoms with Crippen LogP contribution in [0.3, 0.4) is 0 Å². The van der Waals surface area contributed by atoms with Gasteiger partial charge in [0, 0.05) is 36.2 Å². The molecule has 1 unspecified atom stereocenters. The Morgan fingerprint density at radius 1 is 1.19 bits per heavy atom. The van der Waals surface area contributed by atoms with Crippen LogP contribution in [-0.4, -0.2) is 10.7 Å². The fraction of sp³-hybridized carbons (Fsp3) is 0.250. The van der Waals surface area contributed by atoms with Crippen LogP contribution in [0.1, 0.15) is 22.7 Å². The fourth-order valence-corrected chi connectivity index (χ4v) is 3.66. The van der Waals surface area contributed by atoms with Gasteiger partial charge in [-0.25, -0.2) is 0 Å². The lowest BCUT2D eigenvalue weighted by atomic mass is 10.0. The minimum Gasteiger partial charge on any atom is -0.305 e. The monoisotopic (exact) mass is 300 g/mol. The molecule has 0 aromatic heterocycles. The molecule has 1 atom stereocenters. The van der Waals surface area contributed by atoms with Crippen LogP contribution in [-0.2, 0) is 12.3 Å². The van der Waals surface area contributed by atoms with Crippen LogP contribution in [0.25, 0.3) is 0 Å². The van der Waals surface area contributed by atoms with Crippen LogP contribution in [0.4, 0.5) is 5.69 Å². The summed E-state index contributed by atoms with van der Waals surface area (Å²) in [7, 11) is 0. The molecule has 3 rings (SSSR count). The van der Waals surface area contributed by atoms with E-state index in [-0.39, 0.29) is 10.6 Å². The standard InChI is InChI=1S/C16H16N2O2S/c19-18(20)14-7-5-12(6-8-14)9-17-16-11-21-10-13-3-1-2-4-15(13)16/h1-8,16-17H,9-11H2. The third kappa shape index (κ3) is 3.25. The molecule has 0 aliphatic carbocycles. The second kappa shape index (κ2) is 6.28. The summed E-state index contributed by atoms with van der Waals surface area (Å²) in [6.07, 6.45) is 0. The minimum atomic E-state index is -0.370. The van der Waals surface area contributed by atoms with E-state index in [4.69, 9.17) is 0 Å². The summed E-state index contributed by atoms with van der Waals surface area (Å²) in [5.74, 6) is 2.13. The summed E-state index contributed by atoms with van der Waals surface area (Å²) in [5.41, 5.74) is 3.97. The molecule has 108 valence electrons. The largest absolute Gasteiger partial charge is 0.305 e. The Bertz CT molecular complexity index is 643. The van der Waals surface area contributed by atoms with E-state index >= 15 is 0 Å². The maximum Gasteiger partial charge on any atom is 0.269 e. The Labute approximate surface area is 127 Å². The van der Waals surface area contributed by atoms with E-state index < -0.39 is 0 Å². The van der Waals surface area contributed by atoms with E-state index in [1.54, 1.807) is 12.1 Å². The van der Waals surface area contributed by atoms with Gasteiger partial charge in [0.25, 0.3) is 5.69 Å². The summed E-state index contributed by atoms with van der Waals surface area (Å²) in [6.45, 7) is 0.720. The van der Waals surface area contributed by atoms with Gasteiger partial charge in [0.2, 0.25) is 0 Å². The van der Waals surface area contributed by atoms with Gasteiger partial charge in [-0.2, -0.15) is 11.8 Å². The zero-order valence-electron chi connectivity index (χ0n) is 11.5. The van der Waals surface area contributed by atoms with Gasteiger partial charge in [-0.15, -0.1) is 0 Å². The molecule has 2 aromatic rings. The summed E-state index contributed by atoms with van der Waals surface area (Å²) in [4.78, 5) is 10.3. The van der Waals surface area contributed by atoms with Crippen molar-refractivity contribution in [1.82, 2.24) is 5.32 Å². The second-order valence-corrected chi connectivity index (χ2v) is 6.10. The number of thioether (sulfide) groups is 1. The van der Waals surface area contributed by atoms with Gasteiger partial charge in [-0.3, -0.25) is 10.1 Å². The van der Waals surface area contributed by atoms with Gasteiger partial charge in [0.05, 0.1) is 4.92 Å². The highest BCUT2D eigenvalue weighted by Crippen LogP contribution is 2.31. The average molecular weight is 300 g/mol. The third-order valence-corrected chi connectivity index (χ3v) is 4.76. The number of nitrogens with zero attached hydrogens (tertiary/aromatic N) is 1. The van der Waals surface area contributed by atoms with Crippen LogP contribution < -0.4 is 5.32 Å². The van der Waals surface area contributed by atoms with E-state index in [2.05, 4.69) is 29.6 Å². The van der Waals surface area contributed by atoms with Gasteiger partial charge < -0.3 is 5.32 Å². The lowest BCUT2D eigenvalue weighted by molar-refractivity contribution is -0.384. The molecule has 1 aliphatic rings. The predicted molar refractivity (Wildman–Crippen MR) is 85.3 cm³/mol. The van der Waals surface area contributed by atoms with Gasteiger partial charge >= 0.3 is 0 Å². The van der Waals surface area contributed by atoms with Crippen molar-refractivity contribution in [1.29, 1.82) is 0 Å². The molecular formula is C16H16N2O2S. The van der Waals surface area contributed by atoms with Gasteiger partial charge in [-0.1, -0.05) is 36.4 Å². The van der Waals surface area contributed by atoms with Crippen LogP contribution in [0.15, 0.2) is 48.5 Å². The smallest absolute Gasteiger partial charge is 0.269 e. The number of hydrogen-bond acceptors (Lipinski definition) is 4. The maximum atomic E-state index is 10.6. The molecule has 4 nitrogen and oxygen atoms in total. The van der Waals surface area contributed by atoms with E-state index in [0.29, 0.717) is 6.04 Å². The van der Waals surface area contributed by atoms with Crippen molar-refractivity contribution < 1.29 is 4.92 Å². The zero-order valence-corrected chi connectivity index (χ0v) is 12.3. The summed E-state index contributed by atoms with van der Waals surface area (Å²) < 4.78 is 0. The van der Waals surface area contributed by atoms with E-state index in [0.717, 1.165) is 23.6 Å². The van der Waals surface area contributed by atoms with Crippen molar-refractivity contribution in [3.63, 3.8) is 0 Å². The molecule has 1 N–H and O–H groups in total. The zero-order chi connectivity index (χ0) is 14.7. The number of non-ortho nitro benzene ring substituents is 1. The molecule has 5 heteroatoms. The van der Waals surface area contributed by atoms with Gasteiger partial charge in [0.1, 0.15) is 0 Å². The molecule has 0 bridgehead atoms. The Morgan fingerprint density at radius 3 is 2.71 bits per heavy atom. The van der Waals surface area contributed by atoms with Crippen LogP contribution in [0.5, 0.6) is 0 Å². The quantitative estimate of drug-likeness (QED) is 0.691. The molecule has 0 radical (unpaired) electrons. The highest BCUT2D eigenvalue weighted by Gasteiger charge is 2.19. The molecule has 0 saturated carbocycles. The molecule has 0 saturated heterocycles. The number of hydrogen-bond donors (Lipinski definition) is 1. The number of benzene rings is 2. The molecular weight excluding hydrogens is 284 g/mol. The first-order chi connectivity index (χ1) is 10.2. The van der Waals surface area contributed by atoms with Crippen LogP contribution in [0, 0.1) is 10.1 Å². The normalized spacial score (nSPS) is 17.2. The lowest BCUT2D eigenvalue weighted by Crippen LogP contribution is -2.26. The average Bonchev–Trinajstić information content (AvgIpc) is 2.53. The first-order valence-electron chi connectivity index (χ1n) is 6.86. The van der Waals surface area contributed by atoms with Crippen molar-refractivity contribution in [3.8, 4) is 0 Å². The SMILES string of the molecule is O=[N+]([O-])c1ccc(CNC2CSCc3ccccc32)cc1. The van der Waals surface area contributed by atoms with Crippen LogP contribution in [0.2, 0.25) is 0 Å². The van der Waals surface area contributed by atoms with Crippen molar-refractivity contribution in [2.75, 3.05) is 5.75 Å². The topological polar surface area (TPSA) is 55.2 Å². The maximum absolute atomic E-state index is 10.6. The summed E-state index contributed by atoms with van der Waals surface area (Å²) in [6, 6.07) is 15.6. The highest BCUT2D eigenvalue weighted by atomic mass is 32.2. The molecule has 1 heterocycles. The molecule has 1 aliphatic heterocycles. The fourth-order valence-electron chi connectivity index (χ4n) is 2.53. The Morgan fingerprint density at radius 2 is 1.95 bits per heavy atom. The molecule has 21 heavy (non-hydrogen) atoms.